The Kier molecular flexibility index (Phi) is 7.29. The SMILES string of the molecule is CCOC(=O)C(/C=C/CBr)=N\OC. The van der Waals surface area contributed by atoms with Crippen molar-refractivity contribution in [2.45, 2.75) is 6.92 Å². The number of hydrogen-bond acceptors (Lipinski definition) is 4. The van der Waals surface area contributed by atoms with Crippen LogP contribution >= 0.6 is 15.9 Å². The van der Waals surface area contributed by atoms with E-state index in [9.17, 15) is 4.79 Å². The van der Waals surface area contributed by atoms with Crippen molar-refractivity contribution in [3.8, 4) is 0 Å². The molecule has 0 unspecified atom stereocenters. The normalized spacial score (nSPS) is 11.8. The number of hydrogen-bond donors (Lipinski definition) is 0. The highest BCUT2D eigenvalue weighted by molar-refractivity contribution is 9.09. The van der Waals surface area contributed by atoms with Gasteiger partial charge in [-0.3, -0.25) is 0 Å². The van der Waals surface area contributed by atoms with Gasteiger partial charge < -0.3 is 9.57 Å². The Hall–Kier alpha value is -0.840. The third-order valence-corrected chi connectivity index (χ3v) is 1.41. The molecule has 0 aliphatic heterocycles. The fraction of sp³-hybridized carbons (Fsp3) is 0.500. The highest BCUT2D eigenvalue weighted by Gasteiger charge is 2.08. The Morgan fingerprint density at radius 2 is 2.31 bits per heavy atom. The number of allylic oxidation sites excluding steroid dienone is 1. The Balaban J connectivity index is 4.33. The zero-order chi connectivity index (χ0) is 10.1. The van der Waals surface area contributed by atoms with Crippen LogP contribution in [0, 0.1) is 0 Å². The number of alkyl halides is 1. The summed E-state index contributed by atoms with van der Waals surface area (Å²) in [5.74, 6) is -0.485. The van der Waals surface area contributed by atoms with E-state index in [1.807, 2.05) is 0 Å². The van der Waals surface area contributed by atoms with Gasteiger partial charge >= 0.3 is 5.97 Å². The van der Waals surface area contributed by atoms with Crippen molar-refractivity contribution < 1.29 is 14.4 Å². The summed E-state index contributed by atoms with van der Waals surface area (Å²) in [5, 5.41) is 4.16. The molecule has 0 bridgehead atoms. The third-order valence-electron chi connectivity index (χ3n) is 1.04. The number of halogens is 1. The molecule has 0 aromatic heterocycles. The van der Waals surface area contributed by atoms with Crippen LogP contribution in [0.1, 0.15) is 6.92 Å². The second-order valence-corrected chi connectivity index (χ2v) is 2.58. The fourth-order valence-corrected chi connectivity index (χ4v) is 0.782. The zero-order valence-corrected chi connectivity index (χ0v) is 9.20. The molecule has 0 saturated carbocycles. The van der Waals surface area contributed by atoms with Crippen molar-refractivity contribution in [1.82, 2.24) is 0 Å². The lowest BCUT2D eigenvalue weighted by Crippen LogP contribution is -2.15. The Labute approximate surface area is 85.7 Å². The summed E-state index contributed by atoms with van der Waals surface area (Å²) in [6.07, 6.45) is 3.27. The zero-order valence-electron chi connectivity index (χ0n) is 7.62. The maximum Gasteiger partial charge on any atom is 0.360 e. The summed E-state index contributed by atoms with van der Waals surface area (Å²) < 4.78 is 4.74. The first-order valence-electron chi connectivity index (χ1n) is 3.77. The minimum atomic E-state index is -0.485. The van der Waals surface area contributed by atoms with Gasteiger partial charge in [0.05, 0.1) is 6.61 Å². The van der Waals surface area contributed by atoms with Gasteiger partial charge in [0.2, 0.25) is 0 Å². The summed E-state index contributed by atoms with van der Waals surface area (Å²) >= 11 is 3.18. The van der Waals surface area contributed by atoms with E-state index >= 15 is 0 Å². The number of carbonyl (C=O) groups is 1. The highest BCUT2D eigenvalue weighted by atomic mass is 79.9. The fourth-order valence-electron chi connectivity index (χ4n) is 0.595. The quantitative estimate of drug-likeness (QED) is 0.321. The van der Waals surface area contributed by atoms with Crippen molar-refractivity contribution in [1.29, 1.82) is 0 Å². The molecule has 0 rings (SSSR count). The second kappa shape index (κ2) is 7.79. The molecule has 0 aromatic carbocycles. The highest BCUT2D eigenvalue weighted by Crippen LogP contribution is 1.91. The summed E-state index contributed by atoms with van der Waals surface area (Å²) in [6.45, 7) is 2.06. The standard InChI is InChI=1S/C8H12BrNO3/c1-3-13-8(11)7(10-12-2)5-4-6-9/h4-5H,3,6H2,1-2H3/b5-4+,10-7-. The molecule has 0 N–H and O–H groups in total. The number of nitrogens with zero attached hydrogens (tertiary/aromatic N) is 1. The molecule has 5 heteroatoms. The van der Waals surface area contributed by atoms with Crippen molar-refractivity contribution in [2.24, 2.45) is 5.16 Å². The maximum atomic E-state index is 11.1. The van der Waals surface area contributed by atoms with E-state index in [0.29, 0.717) is 11.9 Å². The Morgan fingerprint density at radius 1 is 1.62 bits per heavy atom. The van der Waals surface area contributed by atoms with Gasteiger partial charge in [-0.2, -0.15) is 0 Å². The lowest BCUT2D eigenvalue weighted by atomic mass is 10.3. The average molecular weight is 250 g/mol. The smallest absolute Gasteiger partial charge is 0.360 e. The Morgan fingerprint density at radius 3 is 2.77 bits per heavy atom. The minimum absolute atomic E-state index is 0.156. The van der Waals surface area contributed by atoms with E-state index in [1.54, 1.807) is 13.0 Å². The molecule has 0 fully saturated rings. The van der Waals surface area contributed by atoms with Gasteiger partial charge in [-0.25, -0.2) is 4.79 Å². The van der Waals surface area contributed by atoms with E-state index in [0.717, 1.165) is 0 Å². The molecule has 0 radical (unpaired) electrons. The molecule has 0 aliphatic carbocycles. The molecule has 0 heterocycles. The van der Waals surface area contributed by atoms with Gasteiger partial charge in [0.1, 0.15) is 7.11 Å². The van der Waals surface area contributed by atoms with Crippen molar-refractivity contribution >= 4 is 27.6 Å². The summed E-state index contributed by atoms with van der Waals surface area (Å²) in [7, 11) is 1.38. The molecule has 0 spiro atoms. The molecule has 0 saturated heterocycles. The van der Waals surface area contributed by atoms with E-state index in [1.165, 1.54) is 13.2 Å². The van der Waals surface area contributed by atoms with Gasteiger partial charge in [0.15, 0.2) is 5.71 Å². The molecule has 4 nitrogen and oxygen atoms in total. The Bertz CT molecular complexity index is 213. The van der Waals surface area contributed by atoms with Crippen molar-refractivity contribution in [2.75, 3.05) is 19.0 Å². The van der Waals surface area contributed by atoms with Crippen LogP contribution in [0.4, 0.5) is 0 Å². The lowest BCUT2D eigenvalue weighted by molar-refractivity contribution is -0.135. The van der Waals surface area contributed by atoms with Gasteiger partial charge in [-0.05, 0) is 13.0 Å². The number of esters is 1. The van der Waals surface area contributed by atoms with Crippen molar-refractivity contribution in [3.05, 3.63) is 12.2 Å². The number of carbonyl (C=O) groups excluding carboxylic acids is 1. The van der Waals surface area contributed by atoms with E-state index in [2.05, 4.69) is 25.9 Å². The first-order valence-corrected chi connectivity index (χ1v) is 4.89. The molecule has 0 aromatic rings. The van der Waals surface area contributed by atoms with Crippen LogP contribution in [0.3, 0.4) is 0 Å². The van der Waals surface area contributed by atoms with E-state index < -0.39 is 5.97 Å². The van der Waals surface area contributed by atoms with Gasteiger partial charge in [0, 0.05) is 5.33 Å². The van der Waals surface area contributed by atoms with Crippen LogP contribution in [-0.2, 0) is 14.4 Å². The van der Waals surface area contributed by atoms with Crippen LogP contribution in [0.25, 0.3) is 0 Å². The minimum Gasteiger partial charge on any atom is -0.461 e. The monoisotopic (exact) mass is 249 g/mol. The van der Waals surface area contributed by atoms with E-state index in [-0.39, 0.29) is 5.71 Å². The predicted octanol–water partition coefficient (Wildman–Crippen LogP) is 1.50. The van der Waals surface area contributed by atoms with Crippen LogP contribution in [0.5, 0.6) is 0 Å². The molecule has 0 atom stereocenters. The van der Waals surface area contributed by atoms with Crippen LogP contribution in [-0.4, -0.2) is 30.7 Å². The van der Waals surface area contributed by atoms with Crippen molar-refractivity contribution in [3.63, 3.8) is 0 Å². The van der Waals surface area contributed by atoms with Gasteiger partial charge in [-0.1, -0.05) is 27.2 Å². The summed E-state index contributed by atoms with van der Waals surface area (Å²) in [5.41, 5.74) is 0.156. The summed E-state index contributed by atoms with van der Waals surface area (Å²) in [6, 6.07) is 0. The number of rotatable bonds is 5. The first-order chi connectivity index (χ1) is 6.26. The molecule has 0 amide bonds. The van der Waals surface area contributed by atoms with E-state index in [4.69, 9.17) is 4.74 Å². The number of ether oxygens (including phenoxy) is 1. The second-order valence-electron chi connectivity index (χ2n) is 1.94. The van der Waals surface area contributed by atoms with Crippen LogP contribution in [0.15, 0.2) is 17.3 Å². The maximum absolute atomic E-state index is 11.1. The van der Waals surface area contributed by atoms with Gasteiger partial charge in [0.25, 0.3) is 0 Å². The predicted molar refractivity (Wildman–Crippen MR) is 54.0 cm³/mol. The van der Waals surface area contributed by atoms with Gasteiger partial charge in [-0.15, -0.1) is 0 Å². The third kappa shape index (κ3) is 5.41. The molecule has 74 valence electrons. The molecule has 13 heavy (non-hydrogen) atoms. The first kappa shape index (κ1) is 12.2. The molecule has 0 aliphatic rings. The summed E-state index contributed by atoms with van der Waals surface area (Å²) in [4.78, 5) is 15.6. The molecular weight excluding hydrogens is 238 g/mol. The average Bonchev–Trinajstić information content (AvgIpc) is 2.12. The number of oxime groups is 1. The largest absolute Gasteiger partial charge is 0.461 e. The lowest BCUT2D eigenvalue weighted by Gasteiger charge is -1.99. The molecular formula is C8H12BrNO3. The van der Waals surface area contributed by atoms with Crippen LogP contribution < -0.4 is 0 Å². The topological polar surface area (TPSA) is 47.9 Å². The van der Waals surface area contributed by atoms with Crippen LogP contribution in [0.2, 0.25) is 0 Å².